The minimum absolute atomic E-state index is 0.0219. The smallest absolute Gasteiger partial charge is 0.319 e. The lowest BCUT2D eigenvalue weighted by atomic mass is 9.85. The molecule has 2 amide bonds. The Labute approximate surface area is 179 Å². The van der Waals surface area contributed by atoms with Crippen LogP contribution in [0.3, 0.4) is 0 Å². The van der Waals surface area contributed by atoms with Gasteiger partial charge in [-0.15, -0.1) is 0 Å². The molecule has 1 aliphatic heterocycles. The number of urea groups is 1. The zero-order chi connectivity index (χ0) is 21.3. The summed E-state index contributed by atoms with van der Waals surface area (Å²) in [5.41, 5.74) is 6.91. The second-order valence-corrected chi connectivity index (χ2v) is 9.83. The number of aliphatic hydroxyl groups excluding tert-OH is 1. The van der Waals surface area contributed by atoms with Gasteiger partial charge in [-0.2, -0.15) is 0 Å². The quantitative estimate of drug-likeness (QED) is 0.590. The maximum absolute atomic E-state index is 12.9. The fourth-order valence-corrected chi connectivity index (χ4v) is 4.70. The molecule has 2 aromatic carbocycles. The summed E-state index contributed by atoms with van der Waals surface area (Å²) < 4.78 is 0. The Balaban J connectivity index is 1.50. The second kappa shape index (κ2) is 8.31. The first-order valence-corrected chi connectivity index (χ1v) is 11.0. The summed E-state index contributed by atoms with van der Waals surface area (Å²) in [5.74, 6) is 0. The van der Waals surface area contributed by atoms with Crippen molar-refractivity contribution in [1.29, 1.82) is 0 Å². The second-order valence-electron chi connectivity index (χ2n) is 9.83. The molecule has 0 fully saturated rings. The van der Waals surface area contributed by atoms with Gasteiger partial charge in [0.05, 0.1) is 12.1 Å². The lowest BCUT2D eigenvalue weighted by Crippen LogP contribution is -2.36. The van der Waals surface area contributed by atoms with Gasteiger partial charge in [0, 0.05) is 24.3 Å². The molecule has 0 bridgehead atoms. The van der Waals surface area contributed by atoms with Crippen LogP contribution in [0.5, 0.6) is 0 Å². The van der Waals surface area contributed by atoms with Gasteiger partial charge in [0.25, 0.3) is 0 Å². The Morgan fingerprint density at radius 1 is 1.17 bits per heavy atom. The molecular formula is C25H33N3O2. The number of aliphatic hydroxyl groups is 1. The summed E-state index contributed by atoms with van der Waals surface area (Å²) in [6, 6.07) is 12.2. The molecule has 2 unspecified atom stereocenters. The molecule has 4 N–H and O–H groups in total. The monoisotopic (exact) mass is 407 g/mol. The summed E-state index contributed by atoms with van der Waals surface area (Å²) in [6.45, 7) is 7.58. The van der Waals surface area contributed by atoms with Crippen LogP contribution in [0.1, 0.15) is 61.9 Å². The largest absolute Gasteiger partial charge is 0.393 e. The minimum Gasteiger partial charge on any atom is -0.393 e. The number of rotatable bonds is 3. The van der Waals surface area contributed by atoms with Gasteiger partial charge >= 0.3 is 6.03 Å². The highest BCUT2D eigenvalue weighted by Gasteiger charge is 2.26. The number of hydrogen-bond acceptors (Lipinski definition) is 3. The molecule has 0 saturated heterocycles. The molecular weight excluding hydrogens is 374 g/mol. The predicted molar refractivity (Wildman–Crippen MR) is 122 cm³/mol. The third-order valence-electron chi connectivity index (χ3n) is 6.03. The van der Waals surface area contributed by atoms with Gasteiger partial charge in [-0.1, -0.05) is 51.1 Å². The maximum Gasteiger partial charge on any atom is 0.319 e. The molecule has 2 aliphatic rings. The van der Waals surface area contributed by atoms with E-state index in [4.69, 9.17) is 0 Å². The van der Waals surface area contributed by atoms with Crippen molar-refractivity contribution in [1.82, 2.24) is 5.32 Å². The van der Waals surface area contributed by atoms with Crippen molar-refractivity contribution in [2.45, 2.75) is 65.0 Å². The van der Waals surface area contributed by atoms with Gasteiger partial charge in [0.15, 0.2) is 0 Å². The molecule has 30 heavy (non-hydrogen) atoms. The highest BCUT2D eigenvalue weighted by Crippen LogP contribution is 2.36. The molecule has 160 valence electrons. The van der Waals surface area contributed by atoms with E-state index in [1.165, 1.54) is 16.8 Å². The van der Waals surface area contributed by atoms with Crippen molar-refractivity contribution < 1.29 is 9.90 Å². The van der Waals surface area contributed by atoms with E-state index in [1.54, 1.807) is 0 Å². The number of benzene rings is 2. The summed E-state index contributed by atoms with van der Waals surface area (Å²) in [4.78, 5) is 12.9. The van der Waals surface area contributed by atoms with E-state index in [2.05, 4.69) is 61.0 Å². The van der Waals surface area contributed by atoms with Gasteiger partial charge in [-0.3, -0.25) is 0 Å². The highest BCUT2D eigenvalue weighted by molar-refractivity contribution is 5.91. The highest BCUT2D eigenvalue weighted by atomic mass is 16.3. The van der Waals surface area contributed by atoms with Gasteiger partial charge in [-0.25, -0.2) is 4.79 Å². The molecule has 1 aliphatic carbocycles. The summed E-state index contributed by atoms with van der Waals surface area (Å²) in [6.07, 6.45) is 3.74. The topological polar surface area (TPSA) is 73.4 Å². The van der Waals surface area contributed by atoms with Crippen molar-refractivity contribution in [3.8, 4) is 0 Å². The van der Waals surface area contributed by atoms with E-state index in [0.717, 1.165) is 49.0 Å². The fourth-order valence-electron chi connectivity index (χ4n) is 4.70. The number of fused-ring (bicyclic) bond motifs is 2. The van der Waals surface area contributed by atoms with Crippen LogP contribution in [0.2, 0.25) is 0 Å². The first-order valence-electron chi connectivity index (χ1n) is 11.0. The molecule has 0 radical (unpaired) electrons. The molecule has 0 spiro atoms. The van der Waals surface area contributed by atoms with Crippen LogP contribution in [0.15, 0.2) is 36.4 Å². The van der Waals surface area contributed by atoms with E-state index in [-0.39, 0.29) is 23.6 Å². The predicted octanol–water partition coefficient (Wildman–Crippen LogP) is 4.80. The zero-order valence-electron chi connectivity index (χ0n) is 18.2. The maximum atomic E-state index is 12.9. The third kappa shape index (κ3) is 4.62. The van der Waals surface area contributed by atoms with E-state index in [0.29, 0.717) is 6.42 Å². The molecule has 2 atom stereocenters. The van der Waals surface area contributed by atoms with Crippen LogP contribution >= 0.6 is 0 Å². The summed E-state index contributed by atoms with van der Waals surface area (Å²) in [7, 11) is 0. The Morgan fingerprint density at radius 3 is 2.77 bits per heavy atom. The first kappa shape index (κ1) is 20.7. The first-order chi connectivity index (χ1) is 14.3. The number of amides is 2. The van der Waals surface area contributed by atoms with Gasteiger partial charge < -0.3 is 21.1 Å². The van der Waals surface area contributed by atoms with Crippen molar-refractivity contribution in [2.24, 2.45) is 5.41 Å². The Hall–Kier alpha value is -2.53. The van der Waals surface area contributed by atoms with Crippen molar-refractivity contribution in [3.63, 3.8) is 0 Å². The van der Waals surface area contributed by atoms with E-state index in [9.17, 15) is 9.90 Å². The summed E-state index contributed by atoms with van der Waals surface area (Å²) >= 11 is 0. The number of para-hydroxylation sites is 1. The van der Waals surface area contributed by atoms with Crippen LogP contribution in [0, 0.1) is 5.41 Å². The van der Waals surface area contributed by atoms with Crippen LogP contribution < -0.4 is 16.0 Å². The Kier molecular flexibility index (Phi) is 5.74. The van der Waals surface area contributed by atoms with E-state index < -0.39 is 0 Å². The normalized spacial score (nSPS) is 20.5. The standard InChI is InChI=1S/C25H33N3O2/c1-25(2,3)15-17-7-4-8-19-22(12-13-26-23(17)19)28-24(30)27-21-9-5-6-16-10-11-18(29)14-20(16)21/h4-9,18,22,26,29H,10-15H2,1-3H3,(H2,27,28,30). The fraction of sp³-hybridized carbons (Fsp3) is 0.480. The van der Waals surface area contributed by atoms with Crippen molar-refractivity contribution in [3.05, 3.63) is 58.7 Å². The number of anilines is 2. The average molecular weight is 408 g/mol. The number of nitrogens with one attached hydrogen (secondary N) is 3. The Morgan fingerprint density at radius 2 is 1.97 bits per heavy atom. The molecule has 5 heteroatoms. The van der Waals surface area contributed by atoms with Crippen molar-refractivity contribution >= 4 is 17.4 Å². The molecule has 0 saturated carbocycles. The molecule has 4 rings (SSSR count). The number of aryl methyl sites for hydroxylation is 1. The van der Waals surface area contributed by atoms with E-state index >= 15 is 0 Å². The minimum atomic E-state index is -0.332. The molecule has 5 nitrogen and oxygen atoms in total. The van der Waals surface area contributed by atoms with Crippen molar-refractivity contribution in [2.75, 3.05) is 17.2 Å². The molecule has 1 heterocycles. The SMILES string of the molecule is CC(C)(C)Cc1cccc2c1NCCC2NC(=O)Nc1cccc2c1CC(O)CC2. The van der Waals surface area contributed by atoms with E-state index in [1.807, 2.05) is 12.1 Å². The lowest BCUT2D eigenvalue weighted by Gasteiger charge is -2.31. The van der Waals surface area contributed by atoms with Gasteiger partial charge in [0.2, 0.25) is 0 Å². The lowest BCUT2D eigenvalue weighted by molar-refractivity contribution is 0.159. The number of hydrogen-bond donors (Lipinski definition) is 4. The average Bonchev–Trinajstić information content (AvgIpc) is 2.68. The summed E-state index contributed by atoms with van der Waals surface area (Å²) in [5, 5.41) is 19.8. The number of carbonyl (C=O) groups is 1. The van der Waals surface area contributed by atoms with Crippen LogP contribution in [0.4, 0.5) is 16.2 Å². The molecule has 2 aromatic rings. The van der Waals surface area contributed by atoms with Gasteiger partial charge in [-0.05, 0) is 59.4 Å². The number of carbonyl (C=O) groups excluding carboxylic acids is 1. The Bertz CT molecular complexity index is 932. The zero-order valence-corrected chi connectivity index (χ0v) is 18.2. The van der Waals surface area contributed by atoms with Crippen LogP contribution in [0.25, 0.3) is 0 Å². The van der Waals surface area contributed by atoms with Crippen LogP contribution in [-0.4, -0.2) is 23.8 Å². The van der Waals surface area contributed by atoms with Gasteiger partial charge in [0.1, 0.15) is 0 Å². The van der Waals surface area contributed by atoms with Crippen LogP contribution in [-0.2, 0) is 19.3 Å². The third-order valence-corrected chi connectivity index (χ3v) is 6.03. The molecule has 0 aromatic heterocycles.